The minimum absolute atomic E-state index is 0.128. The zero-order valence-corrected chi connectivity index (χ0v) is 21.1. The third-order valence-corrected chi connectivity index (χ3v) is 7.73. The van der Waals surface area contributed by atoms with Gasteiger partial charge in [-0.25, -0.2) is 9.13 Å². The number of unbranched alkanes of at least 4 members (excludes halogenated alkanes) is 3. The number of benzene rings is 2. The van der Waals surface area contributed by atoms with Gasteiger partial charge in [-0.05, 0) is 42.7 Å². The van der Waals surface area contributed by atoms with Gasteiger partial charge < -0.3 is 5.73 Å². The van der Waals surface area contributed by atoms with Gasteiger partial charge in [-0.3, -0.25) is 4.79 Å². The first kappa shape index (κ1) is 24.8. The summed E-state index contributed by atoms with van der Waals surface area (Å²) in [5, 5.41) is 0. The number of amides is 1. The number of rotatable bonds is 9. The van der Waals surface area contributed by atoms with Gasteiger partial charge in [-0.15, -0.1) is 0 Å². The molecule has 1 fully saturated rings. The van der Waals surface area contributed by atoms with E-state index in [-0.39, 0.29) is 11.8 Å². The van der Waals surface area contributed by atoms with Gasteiger partial charge in [0.25, 0.3) is 5.82 Å². The number of carbonyl (C=O) groups excluding carboxylic acids is 1. The van der Waals surface area contributed by atoms with E-state index >= 15 is 0 Å². The van der Waals surface area contributed by atoms with Crippen LogP contribution in [0, 0.1) is 24.7 Å². The van der Waals surface area contributed by atoms with E-state index in [9.17, 15) is 4.79 Å². The predicted octanol–water partition coefficient (Wildman–Crippen LogP) is 5.48. The summed E-state index contributed by atoms with van der Waals surface area (Å²) < 4.78 is 4.61. The molecule has 0 bridgehead atoms. The number of nitrogens with two attached hydrogens (primary N) is 1. The fourth-order valence-electron chi connectivity index (χ4n) is 5.89. The van der Waals surface area contributed by atoms with Crippen molar-refractivity contribution in [2.45, 2.75) is 76.8 Å². The van der Waals surface area contributed by atoms with Crippen LogP contribution in [0.15, 0.2) is 73.1 Å². The monoisotopic (exact) mass is 468 g/mol. The first-order chi connectivity index (χ1) is 17.1. The molecule has 1 aliphatic carbocycles. The summed E-state index contributed by atoms with van der Waals surface area (Å²) in [6.07, 6.45) is 11.8. The van der Waals surface area contributed by atoms with Crippen LogP contribution in [0.4, 0.5) is 0 Å². The Kier molecular flexibility index (Phi) is 8.08. The molecule has 35 heavy (non-hydrogen) atoms. The Morgan fingerprint density at radius 1 is 1.03 bits per heavy atom. The molecule has 1 saturated carbocycles. The Balaban J connectivity index is 1.59. The highest BCUT2D eigenvalue weighted by molar-refractivity contribution is 5.91. The van der Waals surface area contributed by atoms with Crippen molar-refractivity contribution in [2.24, 2.45) is 11.7 Å². The molecule has 1 heterocycles. The predicted molar refractivity (Wildman–Crippen MR) is 141 cm³/mol. The molecule has 4 nitrogen and oxygen atoms in total. The highest BCUT2D eigenvalue weighted by atomic mass is 16.1. The average molecular weight is 469 g/mol. The largest absolute Gasteiger partial charge is 0.369 e. The summed E-state index contributed by atoms with van der Waals surface area (Å²) in [6, 6.07) is 20.6. The molecular weight excluding hydrogens is 430 g/mol. The molecule has 1 amide bonds. The maximum atomic E-state index is 13.3. The fourth-order valence-corrected chi connectivity index (χ4v) is 5.89. The van der Waals surface area contributed by atoms with E-state index in [1.54, 1.807) is 0 Å². The van der Waals surface area contributed by atoms with Gasteiger partial charge in [0, 0.05) is 13.3 Å². The third kappa shape index (κ3) is 5.05. The number of hydrogen-bond acceptors (Lipinski definition) is 1. The van der Waals surface area contributed by atoms with Gasteiger partial charge in [0.05, 0.1) is 0 Å². The lowest BCUT2D eigenvalue weighted by Crippen LogP contribution is -2.47. The van der Waals surface area contributed by atoms with Gasteiger partial charge in [-0.2, -0.15) is 0 Å². The summed E-state index contributed by atoms with van der Waals surface area (Å²) >= 11 is 0. The Labute approximate surface area is 210 Å². The van der Waals surface area contributed by atoms with E-state index in [1.807, 2.05) is 36.4 Å². The standard InChI is InChI=1S/C31H37N3O/c1-3-4-5-6-7-14-21-33-22-23-34(25(33)2)29-20-19-28(24-29)31(30(32)35,26-15-10-8-11-16-26)27-17-12-9-13-18-27/h8-13,15-18,22-23,28-29H,3-6,19-21,24H2,1-2H3,(H-,32,35)/p+1/t28-,29+/m1/s1. The van der Waals surface area contributed by atoms with Crippen LogP contribution in [0.5, 0.6) is 0 Å². The molecule has 0 saturated heterocycles. The number of primary amides is 1. The molecule has 3 aromatic rings. The van der Waals surface area contributed by atoms with Gasteiger partial charge in [0.1, 0.15) is 23.9 Å². The van der Waals surface area contributed by atoms with Crippen LogP contribution in [-0.2, 0) is 16.8 Å². The lowest BCUT2D eigenvalue weighted by atomic mass is 9.64. The van der Waals surface area contributed by atoms with Gasteiger partial charge in [0.2, 0.25) is 5.91 Å². The number of nitrogens with zero attached hydrogens (tertiary/aromatic N) is 2. The summed E-state index contributed by atoms with van der Waals surface area (Å²) in [4.78, 5) is 13.3. The van der Waals surface area contributed by atoms with Crippen molar-refractivity contribution in [2.75, 3.05) is 0 Å². The molecule has 4 rings (SSSR count). The van der Waals surface area contributed by atoms with Gasteiger partial charge in [-0.1, -0.05) is 92.3 Å². The molecule has 1 aliphatic rings. The first-order valence-corrected chi connectivity index (χ1v) is 13.0. The molecule has 2 N–H and O–H groups in total. The van der Waals surface area contributed by atoms with Crippen LogP contribution in [0.1, 0.15) is 74.9 Å². The fraction of sp³-hybridized carbons (Fsp3) is 0.419. The number of hydrogen-bond donors (Lipinski definition) is 1. The second-order valence-electron chi connectivity index (χ2n) is 9.76. The SMILES string of the molecule is CCCCCC#CC[n+]1ccn([C@H]2CC[C@@H](C(C(N)=O)(c3ccccc3)c3ccccc3)C2)c1C. The molecular formula is C31H38N3O+. The van der Waals surface area contributed by atoms with Crippen molar-refractivity contribution in [1.29, 1.82) is 0 Å². The van der Waals surface area contributed by atoms with E-state index in [1.165, 1.54) is 25.1 Å². The lowest BCUT2D eigenvalue weighted by Gasteiger charge is -2.37. The van der Waals surface area contributed by atoms with Crippen molar-refractivity contribution in [3.63, 3.8) is 0 Å². The highest BCUT2D eigenvalue weighted by Crippen LogP contribution is 2.49. The van der Waals surface area contributed by atoms with E-state index in [0.717, 1.165) is 43.4 Å². The van der Waals surface area contributed by atoms with Crippen LogP contribution < -0.4 is 10.3 Å². The zero-order chi connectivity index (χ0) is 24.7. The second kappa shape index (κ2) is 11.4. The summed E-state index contributed by atoms with van der Waals surface area (Å²) in [5.74, 6) is 7.73. The van der Waals surface area contributed by atoms with Gasteiger partial charge in [0.15, 0.2) is 6.54 Å². The van der Waals surface area contributed by atoms with E-state index in [0.29, 0.717) is 6.04 Å². The minimum atomic E-state index is -0.835. The molecule has 4 heteroatoms. The molecule has 0 unspecified atom stereocenters. The Morgan fingerprint density at radius 2 is 1.69 bits per heavy atom. The minimum Gasteiger partial charge on any atom is -0.369 e. The number of aromatic nitrogens is 2. The highest BCUT2D eigenvalue weighted by Gasteiger charge is 2.51. The zero-order valence-electron chi connectivity index (χ0n) is 21.1. The topological polar surface area (TPSA) is 51.9 Å². The normalized spacial score (nSPS) is 17.7. The summed E-state index contributed by atoms with van der Waals surface area (Å²) in [7, 11) is 0. The molecule has 0 spiro atoms. The molecule has 0 aliphatic heterocycles. The van der Waals surface area contributed by atoms with E-state index in [2.05, 4.69) is 71.5 Å². The summed E-state index contributed by atoms with van der Waals surface area (Å²) in [5.41, 5.74) is 7.41. The number of carbonyl (C=O) groups is 1. The van der Waals surface area contributed by atoms with Crippen LogP contribution >= 0.6 is 0 Å². The van der Waals surface area contributed by atoms with Crippen molar-refractivity contribution in [3.8, 4) is 11.8 Å². The average Bonchev–Trinajstić information content (AvgIpc) is 3.50. The van der Waals surface area contributed by atoms with Crippen LogP contribution in [0.2, 0.25) is 0 Å². The summed E-state index contributed by atoms with van der Waals surface area (Å²) in [6.45, 7) is 5.11. The smallest absolute Gasteiger partial charge is 0.254 e. The van der Waals surface area contributed by atoms with Gasteiger partial charge >= 0.3 is 0 Å². The van der Waals surface area contributed by atoms with E-state index < -0.39 is 5.41 Å². The second-order valence-corrected chi connectivity index (χ2v) is 9.76. The molecule has 1 aromatic heterocycles. The van der Waals surface area contributed by atoms with Crippen LogP contribution in [0.3, 0.4) is 0 Å². The van der Waals surface area contributed by atoms with Crippen LogP contribution in [-0.4, -0.2) is 10.5 Å². The maximum Gasteiger partial charge on any atom is 0.254 e. The number of imidazole rings is 1. The van der Waals surface area contributed by atoms with Crippen molar-refractivity contribution in [3.05, 3.63) is 90.0 Å². The Bertz CT molecular complexity index is 1130. The Hall–Kier alpha value is -3.32. The van der Waals surface area contributed by atoms with Crippen molar-refractivity contribution in [1.82, 2.24) is 4.57 Å². The van der Waals surface area contributed by atoms with E-state index in [4.69, 9.17) is 5.73 Å². The van der Waals surface area contributed by atoms with Crippen molar-refractivity contribution < 1.29 is 9.36 Å². The Morgan fingerprint density at radius 3 is 2.29 bits per heavy atom. The quantitative estimate of drug-likeness (QED) is 0.252. The first-order valence-electron chi connectivity index (χ1n) is 13.0. The maximum absolute atomic E-state index is 13.3. The van der Waals surface area contributed by atoms with Crippen LogP contribution in [0.25, 0.3) is 0 Å². The van der Waals surface area contributed by atoms with Crippen molar-refractivity contribution >= 4 is 5.91 Å². The molecule has 2 aromatic carbocycles. The lowest BCUT2D eigenvalue weighted by molar-refractivity contribution is -0.690. The third-order valence-electron chi connectivity index (χ3n) is 7.73. The molecule has 0 radical (unpaired) electrons. The molecule has 2 atom stereocenters. The molecule has 182 valence electrons.